The van der Waals surface area contributed by atoms with E-state index >= 15 is 0 Å². The van der Waals surface area contributed by atoms with Gasteiger partial charge in [-0.3, -0.25) is 4.79 Å². The Hall–Kier alpha value is -2.95. The Morgan fingerprint density at radius 3 is 2.08 bits per heavy atom. The standard InChI is InChI=1S/C19H19N3O2/c1-14-21-22-17(24-14)12-13-20-19(23)18(15-8-4-2-5-9-15)16-10-6-3-7-11-16/h2-11,18H,12-13H2,1H3,(H,20,23). The molecule has 24 heavy (non-hydrogen) atoms. The zero-order valence-electron chi connectivity index (χ0n) is 13.5. The average Bonchev–Trinajstić information content (AvgIpc) is 3.02. The van der Waals surface area contributed by atoms with Crippen molar-refractivity contribution >= 4 is 5.91 Å². The number of nitrogens with one attached hydrogen (secondary N) is 1. The SMILES string of the molecule is Cc1nnc(CCNC(=O)C(c2ccccc2)c2ccccc2)o1. The van der Waals surface area contributed by atoms with Crippen molar-refractivity contribution < 1.29 is 9.21 Å². The van der Waals surface area contributed by atoms with Crippen LogP contribution in [0.3, 0.4) is 0 Å². The minimum absolute atomic E-state index is 0.0383. The highest BCUT2D eigenvalue weighted by Crippen LogP contribution is 2.24. The van der Waals surface area contributed by atoms with Crippen molar-refractivity contribution in [3.05, 3.63) is 83.6 Å². The number of benzene rings is 2. The summed E-state index contributed by atoms with van der Waals surface area (Å²) in [6, 6.07) is 19.6. The van der Waals surface area contributed by atoms with Crippen LogP contribution in [0.2, 0.25) is 0 Å². The van der Waals surface area contributed by atoms with Crippen molar-refractivity contribution in [3.63, 3.8) is 0 Å². The fraction of sp³-hybridized carbons (Fsp3) is 0.211. The van der Waals surface area contributed by atoms with Crippen LogP contribution in [0.4, 0.5) is 0 Å². The molecule has 122 valence electrons. The maximum atomic E-state index is 12.8. The molecule has 0 saturated heterocycles. The van der Waals surface area contributed by atoms with Crippen LogP contribution < -0.4 is 5.32 Å². The minimum Gasteiger partial charge on any atom is -0.426 e. The van der Waals surface area contributed by atoms with Gasteiger partial charge in [-0.1, -0.05) is 60.7 Å². The van der Waals surface area contributed by atoms with Crippen molar-refractivity contribution in [2.45, 2.75) is 19.3 Å². The van der Waals surface area contributed by atoms with Crippen molar-refractivity contribution in [2.75, 3.05) is 6.54 Å². The molecular weight excluding hydrogens is 302 g/mol. The van der Waals surface area contributed by atoms with E-state index in [9.17, 15) is 4.79 Å². The maximum Gasteiger partial charge on any atom is 0.232 e. The first-order valence-corrected chi connectivity index (χ1v) is 7.90. The van der Waals surface area contributed by atoms with Gasteiger partial charge in [-0.15, -0.1) is 10.2 Å². The summed E-state index contributed by atoms with van der Waals surface area (Å²) < 4.78 is 5.32. The van der Waals surface area contributed by atoms with Gasteiger partial charge >= 0.3 is 0 Å². The lowest BCUT2D eigenvalue weighted by atomic mass is 9.90. The normalized spacial score (nSPS) is 10.8. The molecule has 5 heteroatoms. The van der Waals surface area contributed by atoms with Crippen molar-refractivity contribution in [3.8, 4) is 0 Å². The van der Waals surface area contributed by atoms with Gasteiger partial charge in [0.1, 0.15) is 0 Å². The van der Waals surface area contributed by atoms with Crippen LogP contribution in [-0.2, 0) is 11.2 Å². The van der Waals surface area contributed by atoms with Gasteiger partial charge in [0.15, 0.2) is 0 Å². The summed E-state index contributed by atoms with van der Waals surface area (Å²) in [5, 5.41) is 10.7. The number of aryl methyl sites for hydroxylation is 1. The number of rotatable bonds is 6. The third-order valence-corrected chi connectivity index (χ3v) is 3.73. The molecule has 0 radical (unpaired) electrons. The Bertz CT molecular complexity index is 745. The molecule has 0 aliphatic rings. The van der Waals surface area contributed by atoms with Gasteiger partial charge in [-0.05, 0) is 11.1 Å². The van der Waals surface area contributed by atoms with Crippen LogP contribution in [0.15, 0.2) is 65.1 Å². The predicted octanol–water partition coefficient (Wildman–Crippen LogP) is 2.87. The minimum atomic E-state index is -0.336. The molecule has 3 aromatic rings. The molecule has 1 N–H and O–H groups in total. The summed E-state index contributed by atoms with van der Waals surface area (Å²) in [6.45, 7) is 2.20. The Balaban J connectivity index is 1.72. The zero-order chi connectivity index (χ0) is 16.8. The first-order valence-electron chi connectivity index (χ1n) is 7.90. The Morgan fingerprint density at radius 2 is 1.58 bits per heavy atom. The summed E-state index contributed by atoms with van der Waals surface area (Å²) in [5.41, 5.74) is 1.93. The van der Waals surface area contributed by atoms with Crippen molar-refractivity contribution in [1.82, 2.24) is 15.5 Å². The van der Waals surface area contributed by atoms with Gasteiger partial charge in [-0.2, -0.15) is 0 Å². The third kappa shape index (κ3) is 3.87. The number of carbonyl (C=O) groups is 1. The molecule has 0 saturated carbocycles. The molecule has 2 aromatic carbocycles. The molecule has 5 nitrogen and oxygen atoms in total. The first kappa shape index (κ1) is 15.9. The largest absolute Gasteiger partial charge is 0.426 e. The molecule has 0 bridgehead atoms. The average molecular weight is 321 g/mol. The van der Waals surface area contributed by atoms with Crippen molar-refractivity contribution in [1.29, 1.82) is 0 Å². The summed E-state index contributed by atoms with van der Waals surface area (Å²) in [4.78, 5) is 12.8. The topological polar surface area (TPSA) is 68.0 Å². The fourth-order valence-corrected chi connectivity index (χ4v) is 2.62. The predicted molar refractivity (Wildman–Crippen MR) is 90.5 cm³/mol. The molecule has 1 amide bonds. The maximum absolute atomic E-state index is 12.8. The highest BCUT2D eigenvalue weighted by molar-refractivity contribution is 5.87. The van der Waals surface area contributed by atoms with Gasteiger partial charge in [0, 0.05) is 19.9 Å². The van der Waals surface area contributed by atoms with Gasteiger partial charge in [-0.25, -0.2) is 0 Å². The van der Waals surface area contributed by atoms with Crippen LogP contribution in [0.5, 0.6) is 0 Å². The molecule has 1 aromatic heterocycles. The number of aromatic nitrogens is 2. The molecule has 0 spiro atoms. The van der Waals surface area contributed by atoms with E-state index in [0.29, 0.717) is 24.7 Å². The monoisotopic (exact) mass is 321 g/mol. The smallest absolute Gasteiger partial charge is 0.232 e. The molecular formula is C19H19N3O2. The quantitative estimate of drug-likeness (QED) is 0.758. The summed E-state index contributed by atoms with van der Waals surface area (Å²) in [6.07, 6.45) is 0.517. The van der Waals surface area contributed by atoms with Crippen LogP contribution in [0, 0.1) is 6.92 Å². The van der Waals surface area contributed by atoms with Crippen molar-refractivity contribution in [2.24, 2.45) is 0 Å². The molecule has 1 heterocycles. The summed E-state index contributed by atoms with van der Waals surface area (Å²) >= 11 is 0. The number of hydrogen-bond donors (Lipinski definition) is 1. The number of carbonyl (C=O) groups excluding carboxylic acids is 1. The summed E-state index contributed by atoms with van der Waals surface area (Å²) in [7, 11) is 0. The number of hydrogen-bond acceptors (Lipinski definition) is 4. The van der Waals surface area contributed by atoms with Gasteiger partial charge in [0.05, 0.1) is 5.92 Å². The Morgan fingerprint density at radius 1 is 1.00 bits per heavy atom. The van der Waals surface area contributed by atoms with Gasteiger partial charge in [0.2, 0.25) is 17.7 Å². The molecule has 0 atom stereocenters. The first-order chi connectivity index (χ1) is 11.7. The van der Waals surface area contributed by atoms with Gasteiger partial charge in [0.25, 0.3) is 0 Å². The molecule has 0 aliphatic heterocycles. The number of amides is 1. The second-order valence-electron chi connectivity index (χ2n) is 5.51. The Kier molecular flexibility index (Phi) is 5.01. The third-order valence-electron chi connectivity index (χ3n) is 3.73. The van der Waals surface area contributed by atoms with E-state index in [-0.39, 0.29) is 11.8 Å². The van der Waals surface area contributed by atoms with Crippen LogP contribution in [-0.4, -0.2) is 22.6 Å². The van der Waals surface area contributed by atoms with Gasteiger partial charge < -0.3 is 9.73 Å². The van der Waals surface area contributed by atoms with Crippen LogP contribution >= 0.6 is 0 Å². The van der Waals surface area contributed by atoms with Crippen LogP contribution in [0.1, 0.15) is 28.8 Å². The number of nitrogens with zero attached hydrogens (tertiary/aromatic N) is 2. The van der Waals surface area contributed by atoms with E-state index in [1.807, 2.05) is 60.7 Å². The zero-order valence-corrected chi connectivity index (χ0v) is 13.5. The lowest BCUT2D eigenvalue weighted by Gasteiger charge is -2.17. The second kappa shape index (κ2) is 7.55. The van der Waals surface area contributed by atoms with E-state index in [1.54, 1.807) is 6.92 Å². The lowest BCUT2D eigenvalue weighted by Crippen LogP contribution is -2.31. The highest BCUT2D eigenvalue weighted by Gasteiger charge is 2.22. The van der Waals surface area contributed by atoms with E-state index in [4.69, 9.17) is 4.42 Å². The van der Waals surface area contributed by atoms with Crippen LogP contribution in [0.25, 0.3) is 0 Å². The summed E-state index contributed by atoms with van der Waals surface area (Å²) in [5.74, 6) is 0.687. The lowest BCUT2D eigenvalue weighted by molar-refractivity contribution is -0.121. The fourth-order valence-electron chi connectivity index (χ4n) is 2.62. The van der Waals surface area contributed by atoms with E-state index < -0.39 is 0 Å². The molecule has 0 unspecified atom stereocenters. The van der Waals surface area contributed by atoms with E-state index in [2.05, 4.69) is 15.5 Å². The van der Waals surface area contributed by atoms with E-state index in [1.165, 1.54) is 0 Å². The second-order valence-corrected chi connectivity index (χ2v) is 5.51. The molecule has 0 aliphatic carbocycles. The highest BCUT2D eigenvalue weighted by atomic mass is 16.4. The Labute approximate surface area is 140 Å². The molecule has 3 rings (SSSR count). The van der Waals surface area contributed by atoms with E-state index in [0.717, 1.165) is 11.1 Å². The molecule has 0 fully saturated rings.